The third-order valence-electron chi connectivity index (χ3n) is 2.24. The normalized spacial score (nSPS) is 20.5. The van der Waals surface area contributed by atoms with E-state index in [0.717, 1.165) is 5.69 Å². The number of para-hydroxylation sites is 1. The second-order valence-electron chi connectivity index (χ2n) is 3.12. The fourth-order valence-electron chi connectivity index (χ4n) is 1.51. The van der Waals surface area contributed by atoms with Crippen LogP contribution in [-0.2, 0) is 9.59 Å². The number of β-lactam (4-membered cyclic amide) rings is 1. The molecule has 1 heterocycles. The quantitative estimate of drug-likeness (QED) is 0.548. The van der Waals surface area contributed by atoms with Gasteiger partial charge in [-0.15, -0.1) is 0 Å². The number of anilines is 1. The molecule has 1 saturated heterocycles. The number of hydrogen-bond acceptors (Lipinski definition) is 2. The minimum absolute atomic E-state index is 0.0600. The van der Waals surface area contributed by atoms with E-state index in [1.54, 1.807) is 12.1 Å². The Morgan fingerprint density at radius 3 is 2.50 bits per heavy atom. The molecule has 1 aliphatic rings. The van der Waals surface area contributed by atoms with E-state index in [4.69, 9.17) is 11.6 Å². The van der Waals surface area contributed by atoms with Gasteiger partial charge in [0.1, 0.15) is 6.04 Å². The van der Waals surface area contributed by atoms with Crippen molar-refractivity contribution in [2.75, 3.05) is 4.90 Å². The van der Waals surface area contributed by atoms with Gasteiger partial charge in [0.25, 0.3) is 0 Å². The Morgan fingerprint density at radius 2 is 2.00 bits per heavy atom. The Kier molecular flexibility index (Phi) is 2.25. The molecule has 3 nitrogen and oxygen atoms in total. The fourth-order valence-corrected chi connectivity index (χ4v) is 1.69. The van der Waals surface area contributed by atoms with Gasteiger partial charge in [-0.1, -0.05) is 18.2 Å². The number of carbonyl (C=O) groups excluding carboxylic acids is 2. The summed E-state index contributed by atoms with van der Waals surface area (Å²) in [7, 11) is 0. The Hall–Kier alpha value is -1.35. The number of rotatable bonds is 2. The summed E-state index contributed by atoms with van der Waals surface area (Å²) in [5.74, 6) is -0.0600. The first kappa shape index (κ1) is 9.21. The van der Waals surface area contributed by atoms with E-state index in [1.165, 1.54) is 4.90 Å². The zero-order chi connectivity index (χ0) is 10.1. The van der Waals surface area contributed by atoms with E-state index in [0.29, 0.717) is 0 Å². The molecule has 1 aromatic rings. The molecule has 2 rings (SSSR count). The van der Waals surface area contributed by atoms with Crippen LogP contribution in [0, 0.1) is 0 Å². The van der Waals surface area contributed by atoms with E-state index in [-0.39, 0.29) is 12.3 Å². The Morgan fingerprint density at radius 1 is 1.36 bits per heavy atom. The van der Waals surface area contributed by atoms with Gasteiger partial charge in [0, 0.05) is 5.69 Å². The van der Waals surface area contributed by atoms with Gasteiger partial charge in [-0.25, -0.2) is 0 Å². The standard InChI is InChI=1S/C10H8ClNO2/c11-10(14)8-6-9(13)12(8)7-4-2-1-3-5-7/h1-5,8H,6H2. The molecule has 14 heavy (non-hydrogen) atoms. The molecule has 1 fully saturated rings. The predicted molar refractivity (Wildman–Crippen MR) is 53.2 cm³/mol. The summed E-state index contributed by atoms with van der Waals surface area (Å²) in [6.45, 7) is 0. The first-order valence-electron chi connectivity index (χ1n) is 4.26. The Labute approximate surface area is 86.3 Å². The van der Waals surface area contributed by atoms with Crippen LogP contribution in [0.3, 0.4) is 0 Å². The third-order valence-corrected chi connectivity index (χ3v) is 2.50. The summed E-state index contributed by atoms with van der Waals surface area (Å²) in [6.07, 6.45) is 0.219. The van der Waals surface area contributed by atoms with Gasteiger partial charge in [0.05, 0.1) is 6.42 Å². The smallest absolute Gasteiger partial charge is 0.245 e. The number of benzene rings is 1. The van der Waals surface area contributed by atoms with Crippen molar-refractivity contribution in [1.29, 1.82) is 0 Å². The van der Waals surface area contributed by atoms with Crippen LogP contribution in [0.5, 0.6) is 0 Å². The molecule has 1 aromatic carbocycles. The fraction of sp³-hybridized carbons (Fsp3) is 0.200. The zero-order valence-corrected chi connectivity index (χ0v) is 8.07. The van der Waals surface area contributed by atoms with Crippen molar-refractivity contribution in [2.45, 2.75) is 12.5 Å². The first-order chi connectivity index (χ1) is 6.70. The van der Waals surface area contributed by atoms with E-state index >= 15 is 0 Å². The van der Waals surface area contributed by atoms with Crippen molar-refractivity contribution < 1.29 is 9.59 Å². The second-order valence-corrected chi connectivity index (χ2v) is 3.50. The van der Waals surface area contributed by atoms with Crippen molar-refractivity contribution >= 4 is 28.4 Å². The van der Waals surface area contributed by atoms with Crippen LogP contribution in [-0.4, -0.2) is 17.2 Å². The molecule has 0 saturated carbocycles. The van der Waals surface area contributed by atoms with Gasteiger partial charge in [0.15, 0.2) is 0 Å². The van der Waals surface area contributed by atoms with Gasteiger partial charge in [0.2, 0.25) is 11.1 Å². The van der Waals surface area contributed by atoms with Crippen LogP contribution in [0.1, 0.15) is 6.42 Å². The number of amides is 1. The molecule has 0 aromatic heterocycles. The van der Waals surface area contributed by atoms with Crippen LogP contribution in [0.25, 0.3) is 0 Å². The summed E-state index contributed by atoms with van der Waals surface area (Å²) in [5.41, 5.74) is 0.725. The summed E-state index contributed by atoms with van der Waals surface area (Å²) < 4.78 is 0. The van der Waals surface area contributed by atoms with Crippen molar-refractivity contribution in [3.63, 3.8) is 0 Å². The van der Waals surface area contributed by atoms with E-state index in [9.17, 15) is 9.59 Å². The highest BCUT2D eigenvalue weighted by atomic mass is 35.5. The van der Waals surface area contributed by atoms with E-state index < -0.39 is 11.3 Å². The second kappa shape index (κ2) is 3.42. The Bertz CT molecular complexity index is 377. The largest absolute Gasteiger partial charge is 0.300 e. The Balaban J connectivity index is 2.26. The lowest BCUT2D eigenvalue weighted by molar-refractivity contribution is -0.129. The summed E-state index contributed by atoms with van der Waals surface area (Å²) in [4.78, 5) is 23.6. The van der Waals surface area contributed by atoms with Crippen LogP contribution in [0.15, 0.2) is 30.3 Å². The molecule has 1 unspecified atom stereocenters. The van der Waals surface area contributed by atoms with Crippen LogP contribution in [0.2, 0.25) is 0 Å². The highest BCUT2D eigenvalue weighted by Gasteiger charge is 2.41. The molecule has 72 valence electrons. The lowest BCUT2D eigenvalue weighted by Gasteiger charge is -2.37. The molecule has 0 spiro atoms. The van der Waals surface area contributed by atoms with Gasteiger partial charge >= 0.3 is 0 Å². The summed E-state index contributed by atoms with van der Waals surface area (Å²) in [5, 5.41) is -0.478. The van der Waals surface area contributed by atoms with Crippen LogP contribution >= 0.6 is 11.6 Å². The molecule has 0 aliphatic carbocycles. The van der Waals surface area contributed by atoms with Crippen LogP contribution in [0.4, 0.5) is 5.69 Å². The number of hydrogen-bond donors (Lipinski definition) is 0. The van der Waals surface area contributed by atoms with Gasteiger partial charge < -0.3 is 0 Å². The van der Waals surface area contributed by atoms with Crippen molar-refractivity contribution in [3.8, 4) is 0 Å². The predicted octanol–water partition coefficient (Wildman–Crippen LogP) is 1.56. The SMILES string of the molecule is O=C(Cl)C1CC(=O)N1c1ccccc1. The van der Waals surface area contributed by atoms with Crippen molar-refractivity contribution in [2.24, 2.45) is 0 Å². The molecule has 0 radical (unpaired) electrons. The highest BCUT2D eigenvalue weighted by Crippen LogP contribution is 2.28. The third kappa shape index (κ3) is 1.40. The van der Waals surface area contributed by atoms with Crippen molar-refractivity contribution in [3.05, 3.63) is 30.3 Å². The molecule has 1 aliphatic heterocycles. The number of halogens is 1. The maximum absolute atomic E-state index is 11.3. The first-order valence-corrected chi connectivity index (χ1v) is 4.64. The molecule has 4 heteroatoms. The van der Waals surface area contributed by atoms with E-state index in [2.05, 4.69) is 0 Å². The van der Waals surface area contributed by atoms with Gasteiger partial charge in [-0.2, -0.15) is 0 Å². The molecule has 1 atom stereocenters. The highest BCUT2D eigenvalue weighted by molar-refractivity contribution is 6.66. The van der Waals surface area contributed by atoms with Gasteiger partial charge in [-0.05, 0) is 23.7 Å². The molecule has 0 N–H and O–H groups in total. The minimum atomic E-state index is -0.480. The zero-order valence-electron chi connectivity index (χ0n) is 7.31. The lowest BCUT2D eigenvalue weighted by atomic mass is 10.0. The minimum Gasteiger partial charge on any atom is -0.300 e. The monoisotopic (exact) mass is 209 g/mol. The number of nitrogens with zero attached hydrogens (tertiary/aromatic N) is 1. The number of carbonyl (C=O) groups is 2. The van der Waals surface area contributed by atoms with Crippen molar-refractivity contribution in [1.82, 2.24) is 0 Å². The topological polar surface area (TPSA) is 37.4 Å². The molecular formula is C10H8ClNO2. The average Bonchev–Trinajstić information content (AvgIpc) is 2.15. The molecular weight excluding hydrogens is 202 g/mol. The van der Waals surface area contributed by atoms with E-state index in [1.807, 2.05) is 18.2 Å². The van der Waals surface area contributed by atoms with Crippen LogP contribution < -0.4 is 4.90 Å². The summed E-state index contributed by atoms with van der Waals surface area (Å²) in [6, 6.07) is 8.57. The average molecular weight is 210 g/mol. The lowest BCUT2D eigenvalue weighted by Crippen LogP contribution is -2.55. The molecule has 1 amide bonds. The summed E-state index contributed by atoms with van der Waals surface area (Å²) >= 11 is 5.36. The van der Waals surface area contributed by atoms with Gasteiger partial charge in [-0.3, -0.25) is 14.5 Å². The maximum atomic E-state index is 11.3. The maximum Gasteiger partial charge on any atom is 0.245 e. The molecule has 0 bridgehead atoms.